The van der Waals surface area contributed by atoms with Crippen molar-refractivity contribution in [2.75, 3.05) is 45.5 Å². The molecular weight excluding hydrogens is 428 g/mol. The van der Waals surface area contributed by atoms with E-state index < -0.39 is 26.3 Å². The molecule has 0 N–H and O–H groups in total. The lowest BCUT2D eigenvalue weighted by atomic mass is 9.96. The highest BCUT2D eigenvalue weighted by Gasteiger charge is 2.42. The minimum Gasteiger partial charge on any atom is -0.339 e. The van der Waals surface area contributed by atoms with E-state index >= 15 is 0 Å². The number of carbonyl (C=O) groups excluding carboxylic acids is 1. The van der Waals surface area contributed by atoms with Crippen molar-refractivity contribution in [3.05, 3.63) is 0 Å². The molecule has 1 saturated carbocycles. The molecule has 0 radical (unpaired) electrons. The van der Waals surface area contributed by atoms with E-state index in [9.17, 15) is 21.6 Å². The second-order valence-electron chi connectivity index (χ2n) is 8.62. The van der Waals surface area contributed by atoms with Gasteiger partial charge in [-0.25, -0.2) is 8.42 Å². The number of sulfonamides is 1. The first-order valence-corrected chi connectivity index (χ1v) is 14.2. The highest BCUT2D eigenvalue weighted by Crippen LogP contribution is 2.27. The van der Waals surface area contributed by atoms with Crippen LogP contribution in [-0.4, -0.2) is 98.2 Å². The zero-order chi connectivity index (χ0) is 21.9. The molecule has 2 aliphatic heterocycles. The summed E-state index contributed by atoms with van der Waals surface area (Å²) in [4.78, 5) is 14.7. The van der Waals surface area contributed by atoms with Gasteiger partial charge in [0.15, 0.2) is 0 Å². The molecule has 3 fully saturated rings. The van der Waals surface area contributed by atoms with Crippen molar-refractivity contribution in [3.63, 3.8) is 0 Å². The molecule has 0 bridgehead atoms. The molecule has 1 unspecified atom stereocenters. The van der Waals surface area contributed by atoms with Crippen LogP contribution in [0.15, 0.2) is 0 Å². The van der Waals surface area contributed by atoms with Crippen LogP contribution in [0.2, 0.25) is 0 Å². The molecule has 0 aromatic heterocycles. The summed E-state index contributed by atoms with van der Waals surface area (Å²) in [5.74, 6) is -0.138. The molecule has 2 saturated heterocycles. The molecule has 9 nitrogen and oxygen atoms in total. The Labute approximate surface area is 181 Å². The van der Waals surface area contributed by atoms with Crippen LogP contribution in [0.3, 0.4) is 0 Å². The zero-order valence-electron chi connectivity index (χ0n) is 18.2. The van der Waals surface area contributed by atoms with E-state index in [1.54, 1.807) is 11.9 Å². The summed E-state index contributed by atoms with van der Waals surface area (Å²) in [5, 5.41) is 0. The molecule has 174 valence electrons. The molecule has 2 heterocycles. The topological polar surface area (TPSA) is 98.3 Å². The Bertz CT molecular complexity index is 803. The number of carbonyl (C=O) groups is 1. The second kappa shape index (κ2) is 9.81. The Hall–Kier alpha value is -0.750. The molecule has 0 aromatic carbocycles. The van der Waals surface area contributed by atoms with Gasteiger partial charge in [-0.1, -0.05) is 26.2 Å². The first kappa shape index (κ1) is 23.9. The summed E-state index contributed by atoms with van der Waals surface area (Å²) >= 11 is 0. The van der Waals surface area contributed by atoms with Gasteiger partial charge >= 0.3 is 0 Å². The number of hydrogen-bond donors (Lipinski definition) is 0. The van der Waals surface area contributed by atoms with Crippen molar-refractivity contribution < 1.29 is 21.6 Å². The van der Waals surface area contributed by atoms with Gasteiger partial charge in [-0.3, -0.25) is 4.79 Å². The normalized spacial score (nSPS) is 25.8. The lowest BCUT2D eigenvalue weighted by Crippen LogP contribution is -2.57. The van der Waals surface area contributed by atoms with Crippen molar-refractivity contribution in [1.82, 2.24) is 17.8 Å². The minimum atomic E-state index is -3.55. The van der Waals surface area contributed by atoms with Crippen molar-refractivity contribution in [3.8, 4) is 0 Å². The van der Waals surface area contributed by atoms with E-state index in [2.05, 4.69) is 0 Å². The molecule has 30 heavy (non-hydrogen) atoms. The Kier molecular flexibility index (Phi) is 7.81. The van der Waals surface area contributed by atoms with Crippen molar-refractivity contribution in [1.29, 1.82) is 0 Å². The third-order valence-electron chi connectivity index (χ3n) is 6.64. The number of rotatable bonds is 7. The fraction of sp³-hybridized carbons (Fsp3) is 0.947. The zero-order valence-corrected chi connectivity index (χ0v) is 19.8. The molecule has 0 aromatic rings. The van der Waals surface area contributed by atoms with Crippen LogP contribution in [0.1, 0.15) is 58.3 Å². The first-order valence-electron chi connectivity index (χ1n) is 11.2. The van der Waals surface area contributed by atoms with Gasteiger partial charge in [0.2, 0.25) is 15.9 Å². The van der Waals surface area contributed by atoms with E-state index in [4.69, 9.17) is 0 Å². The third-order valence-corrected chi connectivity index (χ3v) is 10.8. The smallest absolute Gasteiger partial charge is 0.282 e. The summed E-state index contributed by atoms with van der Waals surface area (Å²) < 4.78 is 55.4. The van der Waals surface area contributed by atoms with E-state index in [1.165, 1.54) is 12.9 Å². The van der Waals surface area contributed by atoms with Gasteiger partial charge in [0.1, 0.15) is 6.04 Å². The van der Waals surface area contributed by atoms with Crippen LogP contribution >= 0.6 is 0 Å². The van der Waals surface area contributed by atoms with Gasteiger partial charge in [-0.15, -0.1) is 0 Å². The van der Waals surface area contributed by atoms with Crippen molar-refractivity contribution in [2.24, 2.45) is 0 Å². The van der Waals surface area contributed by atoms with Gasteiger partial charge in [-0.05, 0) is 32.1 Å². The summed E-state index contributed by atoms with van der Waals surface area (Å²) in [6.07, 6.45) is 6.82. The van der Waals surface area contributed by atoms with Crippen LogP contribution in [-0.2, 0) is 25.0 Å². The number of amides is 1. The third kappa shape index (κ3) is 5.01. The van der Waals surface area contributed by atoms with Crippen LogP contribution < -0.4 is 0 Å². The largest absolute Gasteiger partial charge is 0.339 e. The SMILES string of the molecule is CCCS(=O)(=O)N1CCCC1C(=O)N1CCN(S(=O)(=O)N(C)C2CCCCC2)CC1. The highest BCUT2D eigenvalue weighted by molar-refractivity contribution is 7.89. The molecular formula is C19H36N4O5S2. The lowest BCUT2D eigenvalue weighted by molar-refractivity contribution is -0.135. The average molecular weight is 465 g/mol. The van der Waals surface area contributed by atoms with Crippen LogP contribution in [0.4, 0.5) is 0 Å². The highest BCUT2D eigenvalue weighted by atomic mass is 32.2. The predicted octanol–water partition coefficient (Wildman–Crippen LogP) is 0.844. The molecule has 1 amide bonds. The Morgan fingerprint density at radius 1 is 0.900 bits per heavy atom. The van der Waals surface area contributed by atoms with Gasteiger partial charge in [-0.2, -0.15) is 21.3 Å². The van der Waals surface area contributed by atoms with Crippen molar-refractivity contribution in [2.45, 2.75) is 70.4 Å². The van der Waals surface area contributed by atoms with Gasteiger partial charge in [0, 0.05) is 45.8 Å². The Morgan fingerprint density at radius 2 is 1.53 bits per heavy atom. The molecule has 1 aliphatic carbocycles. The Balaban J connectivity index is 1.60. The Morgan fingerprint density at radius 3 is 2.13 bits per heavy atom. The lowest BCUT2D eigenvalue weighted by Gasteiger charge is -2.39. The summed E-state index contributed by atoms with van der Waals surface area (Å²) in [6.45, 7) is 3.30. The average Bonchev–Trinajstić information content (AvgIpc) is 3.24. The quantitative estimate of drug-likeness (QED) is 0.556. The number of piperazine rings is 1. The molecule has 3 rings (SSSR count). The van der Waals surface area contributed by atoms with E-state index in [0.29, 0.717) is 38.9 Å². The van der Waals surface area contributed by atoms with Gasteiger partial charge in [0.05, 0.1) is 5.75 Å². The summed E-state index contributed by atoms with van der Waals surface area (Å²) in [7, 11) is -5.31. The van der Waals surface area contributed by atoms with Gasteiger partial charge < -0.3 is 4.90 Å². The van der Waals surface area contributed by atoms with Crippen LogP contribution in [0.5, 0.6) is 0 Å². The van der Waals surface area contributed by atoms with E-state index in [1.807, 2.05) is 6.92 Å². The number of nitrogens with zero attached hydrogens (tertiary/aromatic N) is 4. The minimum absolute atomic E-state index is 0.0519. The van der Waals surface area contributed by atoms with Crippen LogP contribution in [0.25, 0.3) is 0 Å². The van der Waals surface area contributed by atoms with Crippen LogP contribution in [0, 0.1) is 0 Å². The molecule has 3 aliphatic rings. The predicted molar refractivity (Wildman–Crippen MR) is 116 cm³/mol. The maximum atomic E-state index is 13.0. The molecule has 11 heteroatoms. The molecule has 0 spiro atoms. The first-order chi connectivity index (χ1) is 14.2. The maximum Gasteiger partial charge on any atom is 0.282 e. The molecule has 1 atom stereocenters. The standard InChI is InChI=1S/C19H36N4O5S2/c1-3-16-29(25,26)23-11-7-10-18(23)19(24)21-12-14-22(15-13-21)30(27,28)20(2)17-8-5-4-6-9-17/h17-18H,3-16H2,1-2H3. The van der Waals surface area contributed by atoms with Crippen molar-refractivity contribution >= 4 is 26.1 Å². The monoisotopic (exact) mass is 464 g/mol. The fourth-order valence-electron chi connectivity index (χ4n) is 4.86. The van der Waals surface area contributed by atoms with E-state index in [-0.39, 0.29) is 30.8 Å². The number of hydrogen-bond acceptors (Lipinski definition) is 5. The maximum absolute atomic E-state index is 13.0. The van der Waals surface area contributed by atoms with Gasteiger partial charge in [0.25, 0.3) is 10.2 Å². The summed E-state index contributed by atoms with van der Waals surface area (Å²) in [5.41, 5.74) is 0. The fourth-order valence-corrected chi connectivity index (χ4v) is 8.18. The summed E-state index contributed by atoms with van der Waals surface area (Å²) in [6, 6.07) is -0.589. The second-order valence-corrected chi connectivity index (χ2v) is 12.7. The van der Waals surface area contributed by atoms with E-state index in [0.717, 1.165) is 32.1 Å².